The third-order valence-corrected chi connectivity index (χ3v) is 8.25. The number of imidazole rings is 1. The summed E-state index contributed by atoms with van der Waals surface area (Å²) in [6.07, 6.45) is 1.79. The summed E-state index contributed by atoms with van der Waals surface area (Å²) in [7, 11) is 0. The van der Waals surface area contributed by atoms with Crippen LogP contribution in [0.15, 0.2) is 85.3 Å². The molecule has 236 valence electrons. The van der Waals surface area contributed by atoms with E-state index in [1.807, 2.05) is 34.7 Å². The van der Waals surface area contributed by atoms with E-state index in [-0.39, 0.29) is 29.2 Å². The molecular formula is C33H30F3N7O3. The van der Waals surface area contributed by atoms with Gasteiger partial charge in [-0.2, -0.15) is 13.2 Å². The zero-order valence-electron chi connectivity index (χ0n) is 24.5. The Hall–Kier alpha value is -5.46. The molecule has 0 bridgehead atoms. The van der Waals surface area contributed by atoms with Crippen LogP contribution in [0.3, 0.4) is 0 Å². The second-order valence-electron chi connectivity index (χ2n) is 11.2. The van der Waals surface area contributed by atoms with E-state index in [4.69, 9.17) is 10.7 Å². The minimum Gasteiger partial charge on any atom is -0.465 e. The van der Waals surface area contributed by atoms with Crippen LogP contribution in [-0.4, -0.2) is 47.4 Å². The highest BCUT2D eigenvalue weighted by atomic mass is 19.4. The van der Waals surface area contributed by atoms with Crippen LogP contribution in [0.5, 0.6) is 0 Å². The lowest BCUT2D eigenvalue weighted by atomic mass is 9.84. The van der Waals surface area contributed by atoms with Crippen molar-refractivity contribution in [2.45, 2.75) is 50.4 Å². The van der Waals surface area contributed by atoms with Crippen molar-refractivity contribution in [3.05, 3.63) is 108 Å². The van der Waals surface area contributed by atoms with E-state index >= 15 is 0 Å². The number of carbonyl (C=O) groups excluding carboxylic acids is 1. The molecular weight excluding hydrogens is 599 g/mol. The van der Waals surface area contributed by atoms with Gasteiger partial charge < -0.3 is 21.1 Å². The van der Waals surface area contributed by atoms with Crippen molar-refractivity contribution < 1.29 is 27.9 Å². The average molecular weight is 630 g/mol. The number of aromatic nitrogens is 4. The third kappa shape index (κ3) is 6.34. The van der Waals surface area contributed by atoms with Gasteiger partial charge in [0.2, 0.25) is 0 Å². The number of anilines is 2. The number of carboxylic acid groups (broad SMARTS) is 1. The monoisotopic (exact) mass is 629 g/mol. The smallest absolute Gasteiger partial charge is 0.416 e. The van der Waals surface area contributed by atoms with Gasteiger partial charge in [0.15, 0.2) is 0 Å². The highest BCUT2D eigenvalue weighted by Gasteiger charge is 2.33. The minimum absolute atomic E-state index is 0.0514. The largest absolute Gasteiger partial charge is 0.465 e. The maximum atomic E-state index is 13.1. The first-order valence-electron chi connectivity index (χ1n) is 14.7. The first-order chi connectivity index (χ1) is 22.1. The third-order valence-electron chi connectivity index (χ3n) is 8.25. The highest BCUT2D eigenvalue weighted by Crippen LogP contribution is 2.39. The number of hydrogen-bond donors (Lipinski definition) is 3. The second kappa shape index (κ2) is 12.5. The summed E-state index contributed by atoms with van der Waals surface area (Å²) in [4.78, 5) is 39.7. The predicted molar refractivity (Wildman–Crippen MR) is 165 cm³/mol. The fraction of sp³-hybridized carbons (Fsp3) is 0.242. The summed E-state index contributed by atoms with van der Waals surface area (Å²) in [5, 5.41) is 12.5. The Labute approximate surface area is 261 Å². The van der Waals surface area contributed by atoms with Crippen molar-refractivity contribution >= 4 is 29.2 Å². The van der Waals surface area contributed by atoms with Gasteiger partial charge >= 0.3 is 12.3 Å². The number of fused-ring (bicyclic) bond motifs is 1. The van der Waals surface area contributed by atoms with Crippen LogP contribution in [0, 0.1) is 0 Å². The molecule has 1 aliphatic carbocycles. The number of amides is 2. The number of carbonyl (C=O) groups is 2. The van der Waals surface area contributed by atoms with E-state index in [9.17, 15) is 27.9 Å². The lowest BCUT2D eigenvalue weighted by Crippen LogP contribution is -2.41. The van der Waals surface area contributed by atoms with Gasteiger partial charge in [-0.1, -0.05) is 48.9 Å². The van der Waals surface area contributed by atoms with Crippen molar-refractivity contribution in [2.75, 3.05) is 11.1 Å². The van der Waals surface area contributed by atoms with E-state index in [1.165, 1.54) is 4.90 Å². The van der Waals surface area contributed by atoms with Gasteiger partial charge in [0.05, 0.1) is 5.56 Å². The summed E-state index contributed by atoms with van der Waals surface area (Å²) in [5.41, 5.74) is 8.34. The number of nitrogens with one attached hydrogen (secondary N) is 1. The Morgan fingerprint density at radius 1 is 1.02 bits per heavy atom. The van der Waals surface area contributed by atoms with Crippen molar-refractivity contribution in [2.24, 2.45) is 0 Å². The van der Waals surface area contributed by atoms with Gasteiger partial charge in [-0.25, -0.2) is 19.7 Å². The molecule has 0 radical (unpaired) electrons. The Morgan fingerprint density at radius 3 is 2.50 bits per heavy atom. The molecule has 2 amide bonds. The molecule has 10 nitrogen and oxygen atoms in total. The number of hydrogen-bond acceptors (Lipinski definition) is 6. The van der Waals surface area contributed by atoms with Crippen LogP contribution in [-0.2, 0) is 12.7 Å². The number of halogens is 3. The topological polar surface area (TPSA) is 139 Å². The molecule has 3 aromatic heterocycles. The number of nitrogens with zero attached hydrogens (tertiary/aromatic N) is 5. The molecule has 0 saturated heterocycles. The highest BCUT2D eigenvalue weighted by molar-refractivity contribution is 6.04. The molecule has 1 saturated carbocycles. The van der Waals surface area contributed by atoms with Gasteiger partial charge in [-0.05, 0) is 49.1 Å². The number of pyridine rings is 1. The summed E-state index contributed by atoms with van der Waals surface area (Å²) < 4.78 is 41.1. The quantitative estimate of drug-likeness (QED) is 0.179. The molecule has 6 rings (SSSR count). The van der Waals surface area contributed by atoms with Gasteiger partial charge in [-0.3, -0.25) is 9.20 Å². The molecule has 1 fully saturated rings. The minimum atomic E-state index is -4.57. The molecule has 0 spiro atoms. The molecule has 0 unspecified atom stereocenters. The maximum absolute atomic E-state index is 13.1. The molecule has 4 N–H and O–H groups in total. The van der Waals surface area contributed by atoms with Crippen LogP contribution >= 0.6 is 0 Å². The average Bonchev–Trinajstić information content (AvgIpc) is 3.45. The molecule has 3 heterocycles. The number of rotatable bonds is 7. The number of nitrogens with two attached hydrogens (primary N) is 1. The van der Waals surface area contributed by atoms with E-state index in [2.05, 4.69) is 15.3 Å². The number of alkyl halides is 3. The summed E-state index contributed by atoms with van der Waals surface area (Å²) in [6, 6.07) is 17.4. The Kier molecular flexibility index (Phi) is 8.31. The number of nitrogen functional groups attached to an aromatic ring is 1. The van der Waals surface area contributed by atoms with E-state index in [0.29, 0.717) is 29.7 Å². The van der Waals surface area contributed by atoms with Gasteiger partial charge in [-0.15, -0.1) is 0 Å². The second-order valence-corrected chi connectivity index (χ2v) is 11.2. The molecule has 46 heavy (non-hydrogen) atoms. The Balaban J connectivity index is 1.26. The van der Waals surface area contributed by atoms with Gasteiger partial charge in [0.25, 0.3) is 5.91 Å². The standard InChI is InChI=1S/C33H30F3N7O3/c34-33(35,36)24-13-14-38-26(18-24)40-31(44)22-11-9-21(10-12-22)27-28-29(37)39-15-16-42(28)30(41-27)23-7-4-8-25(17-23)43(32(45)46)19-20-5-2-1-3-6-20/h1-3,5-6,9-16,18,23,25H,4,7-8,17,19H2,(H2,37,39)(H,45,46)(H,38,40,44)/t23-,25+/m1/s1. The fourth-order valence-electron chi connectivity index (χ4n) is 6.03. The fourth-order valence-corrected chi connectivity index (χ4v) is 6.03. The van der Waals surface area contributed by atoms with Crippen LogP contribution in [0.25, 0.3) is 16.8 Å². The number of benzene rings is 2. The van der Waals surface area contributed by atoms with Crippen LogP contribution in [0.4, 0.5) is 29.6 Å². The van der Waals surface area contributed by atoms with Crippen molar-refractivity contribution in [3.8, 4) is 11.3 Å². The van der Waals surface area contributed by atoms with Gasteiger partial charge in [0, 0.05) is 48.2 Å². The van der Waals surface area contributed by atoms with Crippen LogP contribution in [0.2, 0.25) is 0 Å². The zero-order chi connectivity index (χ0) is 32.4. The van der Waals surface area contributed by atoms with Crippen molar-refractivity contribution in [1.29, 1.82) is 0 Å². The van der Waals surface area contributed by atoms with Crippen LogP contribution < -0.4 is 11.1 Å². The lowest BCUT2D eigenvalue weighted by Gasteiger charge is -2.35. The summed E-state index contributed by atoms with van der Waals surface area (Å²) in [5.74, 6) is 0.109. The van der Waals surface area contributed by atoms with E-state index < -0.39 is 23.7 Å². The van der Waals surface area contributed by atoms with E-state index in [0.717, 1.165) is 49.0 Å². The lowest BCUT2D eigenvalue weighted by molar-refractivity contribution is -0.137. The molecule has 1 aliphatic rings. The molecule has 2 atom stereocenters. The zero-order valence-corrected chi connectivity index (χ0v) is 24.5. The van der Waals surface area contributed by atoms with Gasteiger partial charge in [0.1, 0.15) is 28.7 Å². The van der Waals surface area contributed by atoms with Crippen molar-refractivity contribution in [1.82, 2.24) is 24.3 Å². The summed E-state index contributed by atoms with van der Waals surface area (Å²) >= 11 is 0. The molecule has 13 heteroatoms. The van der Waals surface area contributed by atoms with Crippen molar-refractivity contribution in [3.63, 3.8) is 0 Å². The molecule has 2 aromatic carbocycles. The first kappa shape index (κ1) is 30.6. The molecule has 5 aromatic rings. The first-order valence-corrected chi connectivity index (χ1v) is 14.7. The summed E-state index contributed by atoms with van der Waals surface area (Å²) in [6.45, 7) is 0.293. The van der Waals surface area contributed by atoms with E-state index in [1.54, 1.807) is 36.7 Å². The molecule has 0 aliphatic heterocycles. The predicted octanol–water partition coefficient (Wildman–Crippen LogP) is 6.85. The normalized spacial score (nSPS) is 16.7. The Bertz CT molecular complexity index is 1880. The Morgan fingerprint density at radius 2 is 1.78 bits per heavy atom. The SMILES string of the molecule is Nc1nccn2c([C@@H]3CCC[C@H](N(Cc4ccccc4)C(=O)O)C3)nc(-c3ccc(C(=O)Nc4cc(C(F)(F)F)ccn4)cc3)c12. The van der Waals surface area contributed by atoms with Crippen LogP contribution in [0.1, 0.15) is 58.9 Å². The maximum Gasteiger partial charge on any atom is 0.416 e.